The Bertz CT molecular complexity index is 1080. The first-order valence-electron chi connectivity index (χ1n) is 12.3. The lowest BCUT2D eigenvalue weighted by atomic mass is 9.94. The molecule has 33 heavy (non-hydrogen) atoms. The Kier molecular flexibility index (Phi) is 6.10. The molecule has 2 aromatic rings. The lowest BCUT2D eigenvalue weighted by Gasteiger charge is -2.28. The molecule has 1 saturated heterocycles. The number of fused-ring (bicyclic) bond motifs is 2. The van der Waals surface area contributed by atoms with Crippen LogP contribution in [-0.4, -0.2) is 66.6 Å². The zero-order chi connectivity index (χ0) is 23.1. The Morgan fingerprint density at radius 3 is 2.73 bits per heavy atom. The molecule has 2 aliphatic carbocycles. The zero-order valence-electron chi connectivity index (χ0n) is 20.3. The Balaban J connectivity index is 1.41. The van der Waals surface area contributed by atoms with Crippen molar-refractivity contribution in [3.05, 3.63) is 40.2 Å². The van der Waals surface area contributed by atoms with Gasteiger partial charge in [0.05, 0.1) is 31.2 Å². The molecule has 5 rings (SSSR count). The maximum atomic E-state index is 13.0. The number of rotatable bonds is 6. The van der Waals surface area contributed by atoms with Crippen LogP contribution in [0.2, 0.25) is 0 Å². The number of carbonyl (C=O) groups excluding carboxylic acids is 1. The highest BCUT2D eigenvalue weighted by molar-refractivity contribution is 6.02. The summed E-state index contributed by atoms with van der Waals surface area (Å²) < 4.78 is 5.41. The third-order valence-corrected chi connectivity index (χ3v) is 7.53. The Hall–Kier alpha value is -2.51. The van der Waals surface area contributed by atoms with Gasteiger partial charge in [0.25, 0.3) is 0 Å². The van der Waals surface area contributed by atoms with Crippen LogP contribution in [0.25, 0.3) is 0 Å². The van der Waals surface area contributed by atoms with E-state index < -0.39 is 0 Å². The topological polar surface area (TPSA) is 73.8 Å². The summed E-state index contributed by atoms with van der Waals surface area (Å²) in [6.07, 6.45) is 4.43. The molecule has 1 N–H and O–H groups in total. The Morgan fingerprint density at radius 2 is 1.97 bits per heavy atom. The number of aliphatic imine (C=N–C) groups is 1. The summed E-state index contributed by atoms with van der Waals surface area (Å²) in [6, 6.07) is 4.20. The van der Waals surface area contributed by atoms with E-state index in [0.29, 0.717) is 19.8 Å². The summed E-state index contributed by atoms with van der Waals surface area (Å²) in [5, 5.41) is 7.98. The molecule has 2 atom stereocenters. The fraction of sp³-hybridized carbons (Fsp3) is 0.577. The third-order valence-electron chi connectivity index (χ3n) is 7.53. The van der Waals surface area contributed by atoms with Gasteiger partial charge < -0.3 is 9.64 Å². The summed E-state index contributed by atoms with van der Waals surface area (Å²) in [7, 11) is 1.87. The molecular weight excluding hydrogens is 414 g/mol. The van der Waals surface area contributed by atoms with Gasteiger partial charge in [0.1, 0.15) is 5.69 Å². The minimum Gasteiger partial charge on any atom is -0.379 e. The number of carbonyl (C=O) groups is 1. The molecule has 0 spiro atoms. The molecule has 2 heterocycles. The molecule has 1 saturated carbocycles. The summed E-state index contributed by atoms with van der Waals surface area (Å²) in [5.74, 6) is 1.79. The van der Waals surface area contributed by atoms with Crippen LogP contribution in [0.1, 0.15) is 47.8 Å². The highest BCUT2D eigenvalue weighted by Gasteiger charge is 2.43. The number of amides is 1. The molecule has 176 valence electrons. The first-order valence-corrected chi connectivity index (χ1v) is 12.3. The van der Waals surface area contributed by atoms with Gasteiger partial charge in [0.2, 0.25) is 5.91 Å². The number of ether oxygens (including phenoxy) is 1. The zero-order valence-corrected chi connectivity index (χ0v) is 20.3. The third kappa shape index (κ3) is 4.49. The van der Waals surface area contributed by atoms with Gasteiger partial charge in [-0.1, -0.05) is 13.0 Å². The minimum absolute atomic E-state index is 0.0925. The molecule has 0 radical (unpaired) electrons. The number of H-pyrrole nitrogens is 1. The van der Waals surface area contributed by atoms with Crippen LogP contribution in [0.5, 0.6) is 0 Å². The van der Waals surface area contributed by atoms with Crippen molar-refractivity contribution in [1.82, 2.24) is 15.1 Å². The number of hydrogen-bond donors (Lipinski definition) is 1. The van der Waals surface area contributed by atoms with E-state index in [9.17, 15) is 4.79 Å². The van der Waals surface area contributed by atoms with Gasteiger partial charge in [0.15, 0.2) is 0 Å². The molecule has 2 fully saturated rings. The first kappa shape index (κ1) is 22.3. The Morgan fingerprint density at radius 1 is 1.21 bits per heavy atom. The van der Waals surface area contributed by atoms with Gasteiger partial charge in [-0.2, -0.15) is 5.10 Å². The molecule has 1 aliphatic heterocycles. The number of aryl methyl sites for hydroxylation is 2. The fourth-order valence-electron chi connectivity index (χ4n) is 5.31. The molecule has 1 aromatic heterocycles. The van der Waals surface area contributed by atoms with Crippen LogP contribution in [0, 0.1) is 25.7 Å². The van der Waals surface area contributed by atoms with Crippen LogP contribution < -0.4 is 4.90 Å². The van der Waals surface area contributed by atoms with Crippen molar-refractivity contribution in [2.24, 2.45) is 16.8 Å². The molecule has 1 amide bonds. The standard InChI is InChI=1S/C26H35N5O2/c1-5-21(26-20-12-18-11-19(18)13-23(20)28-29-26)27-22-14-24(17(3)10-16(22)2)30(4)25(32)15-31-6-8-33-9-7-31/h10,14,18-19H,5-9,11-13,15H2,1-4H3,(H,28,29)/b27-21+. The fourth-order valence-corrected chi connectivity index (χ4v) is 5.31. The molecule has 2 unspecified atom stereocenters. The normalized spacial score (nSPS) is 22.6. The number of hydrogen-bond acceptors (Lipinski definition) is 5. The van der Waals surface area contributed by atoms with Crippen LogP contribution in [0.4, 0.5) is 11.4 Å². The van der Waals surface area contributed by atoms with Crippen LogP contribution in [-0.2, 0) is 22.4 Å². The quantitative estimate of drug-likeness (QED) is 0.684. The summed E-state index contributed by atoms with van der Waals surface area (Å²) in [5.41, 5.74) is 8.76. The van der Waals surface area contributed by atoms with Crippen LogP contribution >= 0.6 is 0 Å². The van der Waals surface area contributed by atoms with E-state index in [1.165, 1.54) is 17.7 Å². The number of aromatic amines is 1. The monoisotopic (exact) mass is 449 g/mol. The van der Waals surface area contributed by atoms with Crippen molar-refractivity contribution in [3.8, 4) is 0 Å². The molecular formula is C26H35N5O2. The number of aromatic nitrogens is 2. The highest BCUT2D eigenvalue weighted by Crippen LogP contribution is 2.48. The number of morpholine rings is 1. The lowest BCUT2D eigenvalue weighted by Crippen LogP contribution is -2.43. The molecule has 7 nitrogen and oxygen atoms in total. The van der Waals surface area contributed by atoms with Crippen molar-refractivity contribution in [1.29, 1.82) is 0 Å². The van der Waals surface area contributed by atoms with Crippen LogP contribution in [0.15, 0.2) is 17.1 Å². The summed E-state index contributed by atoms with van der Waals surface area (Å²) >= 11 is 0. The number of likely N-dealkylation sites (N-methyl/N-ethyl adjacent to an activating group) is 1. The van der Waals surface area contributed by atoms with Gasteiger partial charge in [-0.05, 0) is 68.6 Å². The summed E-state index contributed by atoms with van der Waals surface area (Å²) in [6.45, 7) is 9.70. The van der Waals surface area contributed by atoms with E-state index in [0.717, 1.165) is 78.1 Å². The van der Waals surface area contributed by atoms with Gasteiger partial charge in [-0.3, -0.25) is 19.8 Å². The van der Waals surface area contributed by atoms with E-state index in [4.69, 9.17) is 9.73 Å². The molecule has 1 aromatic carbocycles. The van der Waals surface area contributed by atoms with E-state index >= 15 is 0 Å². The average Bonchev–Trinajstić information content (AvgIpc) is 3.46. The first-order chi connectivity index (χ1) is 15.9. The van der Waals surface area contributed by atoms with Crippen molar-refractivity contribution in [3.63, 3.8) is 0 Å². The van der Waals surface area contributed by atoms with E-state index in [1.807, 2.05) is 7.05 Å². The minimum atomic E-state index is 0.0925. The lowest BCUT2D eigenvalue weighted by molar-refractivity contribution is -0.120. The second-order valence-corrected chi connectivity index (χ2v) is 9.87. The Labute approximate surface area is 196 Å². The SMILES string of the molecule is CC/C(=N\c1cc(N(C)C(=O)CN2CCOCC2)c(C)cc1C)c1n[nH]c2c1CC1CC1C2. The van der Waals surface area contributed by atoms with E-state index in [2.05, 4.69) is 48.0 Å². The second kappa shape index (κ2) is 9.03. The smallest absolute Gasteiger partial charge is 0.240 e. The predicted molar refractivity (Wildman–Crippen MR) is 131 cm³/mol. The van der Waals surface area contributed by atoms with Gasteiger partial charge in [-0.25, -0.2) is 0 Å². The second-order valence-electron chi connectivity index (χ2n) is 9.87. The average molecular weight is 450 g/mol. The number of nitrogens with zero attached hydrogens (tertiary/aromatic N) is 4. The van der Waals surface area contributed by atoms with Crippen molar-refractivity contribution in [2.75, 3.05) is 44.8 Å². The molecule has 0 bridgehead atoms. The maximum absolute atomic E-state index is 13.0. The largest absolute Gasteiger partial charge is 0.379 e. The van der Waals surface area contributed by atoms with Crippen molar-refractivity contribution in [2.45, 2.75) is 46.5 Å². The van der Waals surface area contributed by atoms with E-state index in [1.54, 1.807) is 4.90 Å². The number of anilines is 1. The molecule has 3 aliphatic rings. The summed E-state index contributed by atoms with van der Waals surface area (Å²) in [4.78, 5) is 22.0. The van der Waals surface area contributed by atoms with Crippen molar-refractivity contribution >= 4 is 23.0 Å². The molecule has 7 heteroatoms. The predicted octanol–water partition coefficient (Wildman–Crippen LogP) is 3.59. The maximum Gasteiger partial charge on any atom is 0.240 e. The van der Waals surface area contributed by atoms with Gasteiger partial charge in [0, 0.05) is 37.1 Å². The van der Waals surface area contributed by atoms with Gasteiger partial charge in [-0.15, -0.1) is 0 Å². The van der Waals surface area contributed by atoms with Crippen molar-refractivity contribution < 1.29 is 9.53 Å². The highest BCUT2D eigenvalue weighted by atomic mass is 16.5. The number of benzene rings is 1. The van der Waals surface area contributed by atoms with Crippen LogP contribution in [0.3, 0.4) is 0 Å². The van der Waals surface area contributed by atoms with Gasteiger partial charge >= 0.3 is 0 Å². The number of nitrogens with one attached hydrogen (secondary N) is 1. The van der Waals surface area contributed by atoms with E-state index in [-0.39, 0.29) is 5.91 Å².